The van der Waals surface area contributed by atoms with Crippen molar-refractivity contribution in [2.45, 2.75) is 0 Å². The highest BCUT2D eigenvalue weighted by atomic mass is 15.1. The molecule has 0 fully saturated rings. The van der Waals surface area contributed by atoms with E-state index in [0.29, 0.717) is 0 Å². The molecule has 0 atom stereocenters. The number of hydrogen-bond donors (Lipinski definition) is 0. The quantitative estimate of drug-likeness (QED) is 0.172. The lowest BCUT2D eigenvalue weighted by molar-refractivity contribution is 1.17. The van der Waals surface area contributed by atoms with Gasteiger partial charge in [-0.2, -0.15) is 0 Å². The van der Waals surface area contributed by atoms with Crippen molar-refractivity contribution in [3.05, 3.63) is 206 Å². The van der Waals surface area contributed by atoms with Crippen molar-refractivity contribution in [2.75, 3.05) is 4.90 Å². The summed E-state index contributed by atoms with van der Waals surface area (Å²) in [6.45, 7) is 0. The van der Waals surface area contributed by atoms with Crippen LogP contribution in [0, 0.1) is 0 Å². The van der Waals surface area contributed by atoms with Gasteiger partial charge >= 0.3 is 0 Å². The van der Waals surface area contributed by atoms with E-state index >= 15 is 0 Å². The Hall–Kier alpha value is -6.90. The number of fused-ring (bicyclic) bond motifs is 5. The zero-order valence-corrected chi connectivity index (χ0v) is 28.5. The molecule has 244 valence electrons. The summed E-state index contributed by atoms with van der Waals surface area (Å²) in [5.74, 6) is 0. The van der Waals surface area contributed by atoms with Crippen molar-refractivity contribution in [3.63, 3.8) is 0 Å². The molecule has 0 aliphatic carbocycles. The predicted octanol–water partition coefficient (Wildman–Crippen LogP) is 13.9. The van der Waals surface area contributed by atoms with Crippen molar-refractivity contribution in [2.24, 2.45) is 0 Å². The average molecular weight is 663 g/mol. The Labute approximate surface area is 303 Å². The van der Waals surface area contributed by atoms with Gasteiger partial charge in [0.1, 0.15) is 0 Å². The van der Waals surface area contributed by atoms with E-state index < -0.39 is 0 Å². The number of para-hydroxylation sites is 1. The molecule has 10 aromatic rings. The Morgan fingerprint density at radius 2 is 0.769 bits per heavy atom. The molecule has 52 heavy (non-hydrogen) atoms. The Morgan fingerprint density at radius 1 is 0.288 bits per heavy atom. The molecule has 0 N–H and O–H groups in total. The van der Waals surface area contributed by atoms with Crippen molar-refractivity contribution in [1.82, 2.24) is 4.57 Å². The maximum Gasteiger partial charge on any atom is 0.0547 e. The summed E-state index contributed by atoms with van der Waals surface area (Å²) in [6, 6.07) is 74.7. The van der Waals surface area contributed by atoms with Gasteiger partial charge in [-0.15, -0.1) is 0 Å². The summed E-state index contributed by atoms with van der Waals surface area (Å²) in [5.41, 5.74) is 11.7. The van der Waals surface area contributed by atoms with Gasteiger partial charge in [-0.1, -0.05) is 133 Å². The van der Waals surface area contributed by atoms with E-state index in [2.05, 4.69) is 216 Å². The van der Waals surface area contributed by atoms with Crippen LogP contribution in [0.1, 0.15) is 0 Å². The van der Waals surface area contributed by atoms with E-state index in [0.717, 1.165) is 22.7 Å². The van der Waals surface area contributed by atoms with Crippen molar-refractivity contribution < 1.29 is 0 Å². The van der Waals surface area contributed by atoms with Crippen LogP contribution in [0.15, 0.2) is 206 Å². The highest BCUT2D eigenvalue weighted by Gasteiger charge is 2.16. The second kappa shape index (κ2) is 12.5. The van der Waals surface area contributed by atoms with E-state index in [4.69, 9.17) is 0 Å². The lowest BCUT2D eigenvalue weighted by Gasteiger charge is -2.26. The highest BCUT2D eigenvalue weighted by molar-refractivity contribution is 6.13. The van der Waals surface area contributed by atoms with Gasteiger partial charge in [0, 0.05) is 33.5 Å². The lowest BCUT2D eigenvalue weighted by atomic mass is 10.0. The first kappa shape index (κ1) is 30.0. The van der Waals surface area contributed by atoms with Crippen LogP contribution in [-0.4, -0.2) is 4.57 Å². The van der Waals surface area contributed by atoms with Gasteiger partial charge in [0.25, 0.3) is 0 Å². The molecule has 9 aromatic carbocycles. The zero-order chi connectivity index (χ0) is 34.4. The van der Waals surface area contributed by atoms with Crippen LogP contribution in [0.25, 0.3) is 71.3 Å². The fraction of sp³-hybridized carbons (Fsp3) is 0. The molecule has 0 saturated carbocycles. The molecule has 2 nitrogen and oxygen atoms in total. The molecule has 10 rings (SSSR count). The number of anilines is 3. The predicted molar refractivity (Wildman–Crippen MR) is 221 cm³/mol. The summed E-state index contributed by atoms with van der Waals surface area (Å²) in [7, 11) is 0. The topological polar surface area (TPSA) is 8.17 Å². The second-order valence-corrected chi connectivity index (χ2v) is 13.4. The summed E-state index contributed by atoms with van der Waals surface area (Å²) in [4.78, 5) is 2.35. The zero-order valence-electron chi connectivity index (χ0n) is 28.5. The largest absolute Gasteiger partial charge is 0.311 e. The molecule has 0 spiro atoms. The van der Waals surface area contributed by atoms with Crippen molar-refractivity contribution in [1.29, 1.82) is 0 Å². The standard InChI is InChI=1S/C50H34N2/c1-2-10-35(11-3-1)37-20-24-43(25-21-37)51(44-26-22-38(23-27-44)42-19-18-36-12-4-5-13-39(36)32-42)45-28-30-46(31-29-45)52-49-17-9-8-16-47(49)48-33-40-14-6-7-15-41(40)34-50(48)52/h1-34H. The molecule has 1 heterocycles. The maximum atomic E-state index is 2.40. The lowest BCUT2D eigenvalue weighted by Crippen LogP contribution is -2.10. The Morgan fingerprint density at radius 3 is 1.44 bits per heavy atom. The molecule has 1 aromatic heterocycles. The third-order valence-electron chi connectivity index (χ3n) is 10.3. The van der Waals surface area contributed by atoms with Gasteiger partial charge in [0.2, 0.25) is 0 Å². The Kier molecular flexibility index (Phi) is 7.18. The van der Waals surface area contributed by atoms with Gasteiger partial charge in [-0.25, -0.2) is 0 Å². The van der Waals surface area contributed by atoms with Gasteiger partial charge in [-0.05, 0) is 117 Å². The van der Waals surface area contributed by atoms with Crippen molar-refractivity contribution >= 4 is 60.4 Å². The van der Waals surface area contributed by atoms with E-state index in [1.807, 2.05) is 0 Å². The smallest absolute Gasteiger partial charge is 0.0547 e. The first-order valence-electron chi connectivity index (χ1n) is 17.8. The fourth-order valence-electron chi connectivity index (χ4n) is 7.74. The SMILES string of the molecule is c1ccc(-c2ccc(N(c3ccc(-c4ccc5ccccc5c4)cc3)c3ccc(-n4c5ccccc5c5cc6ccccc6cc54)cc3)cc2)cc1. The number of hydrogen-bond acceptors (Lipinski definition) is 1. The van der Waals surface area contributed by atoms with Crippen LogP contribution in [0.4, 0.5) is 17.1 Å². The number of benzene rings is 9. The Balaban J connectivity index is 1.07. The van der Waals surface area contributed by atoms with E-state index in [-0.39, 0.29) is 0 Å². The molecule has 0 bridgehead atoms. The minimum atomic E-state index is 1.10. The van der Waals surface area contributed by atoms with Crippen LogP contribution < -0.4 is 4.90 Å². The average Bonchev–Trinajstić information content (AvgIpc) is 3.54. The molecule has 0 aliphatic rings. The molecule has 0 amide bonds. The minimum Gasteiger partial charge on any atom is -0.311 e. The van der Waals surface area contributed by atoms with E-state index in [9.17, 15) is 0 Å². The summed E-state index contributed by atoms with van der Waals surface area (Å²) >= 11 is 0. The van der Waals surface area contributed by atoms with Crippen LogP contribution in [0.2, 0.25) is 0 Å². The first-order chi connectivity index (χ1) is 25.8. The molecule has 0 unspecified atom stereocenters. The van der Waals surface area contributed by atoms with Crippen LogP contribution >= 0.6 is 0 Å². The Bertz CT molecular complexity index is 2870. The van der Waals surface area contributed by atoms with Crippen LogP contribution in [0.5, 0.6) is 0 Å². The molecular weight excluding hydrogens is 629 g/mol. The van der Waals surface area contributed by atoms with Crippen LogP contribution in [-0.2, 0) is 0 Å². The number of nitrogens with zero attached hydrogens (tertiary/aromatic N) is 2. The molecular formula is C50H34N2. The van der Waals surface area contributed by atoms with Gasteiger partial charge in [-0.3, -0.25) is 0 Å². The molecule has 0 saturated heterocycles. The van der Waals surface area contributed by atoms with E-state index in [1.54, 1.807) is 0 Å². The molecule has 2 heteroatoms. The number of aromatic nitrogens is 1. The summed E-state index contributed by atoms with van der Waals surface area (Å²) in [6.07, 6.45) is 0. The van der Waals surface area contributed by atoms with Crippen molar-refractivity contribution in [3.8, 4) is 27.9 Å². The monoisotopic (exact) mass is 662 g/mol. The normalized spacial score (nSPS) is 11.5. The molecule has 0 aliphatic heterocycles. The third kappa shape index (κ3) is 5.21. The van der Waals surface area contributed by atoms with Crippen LogP contribution in [0.3, 0.4) is 0 Å². The highest BCUT2D eigenvalue weighted by Crippen LogP contribution is 2.39. The fourth-order valence-corrected chi connectivity index (χ4v) is 7.74. The van der Waals surface area contributed by atoms with E-state index in [1.165, 1.54) is 65.6 Å². The summed E-state index contributed by atoms with van der Waals surface area (Å²) < 4.78 is 2.40. The molecule has 0 radical (unpaired) electrons. The first-order valence-corrected chi connectivity index (χ1v) is 17.8. The second-order valence-electron chi connectivity index (χ2n) is 13.4. The number of rotatable bonds is 6. The summed E-state index contributed by atoms with van der Waals surface area (Å²) in [5, 5.41) is 7.54. The minimum absolute atomic E-state index is 1.10. The third-order valence-corrected chi connectivity index (χ3v) is 10.3. The van der Waals surface area contributed by atoms with Gasteiger partial charge < -0.3 is 9.47 Å². The van der Waals surface area contributed by atoms with Gasteiger partial charge in [0.05, 0.1) is 11.0 Å². The van der Waals surface area contributed by atoms with Gasteiger partial charge in [0.15, 0.2) is 0 Å². The maximum absolute atomic E-state index is 2.40.